The number of carboxylic acids is 2. The number of aromatic amines is 1. The third-order valence-corrected chi connectivity index (χ3v) is 2.82. The maximum Gasteiger partial charge on any atom is 0.490 e. The van der Waals surface area contributed by atoms with Crippen molar-refractivity contribution < 1.29 is 42.4 Å². The van der Waals surface area contributed by atoms with Gasteiger partial charge in [-0.25, -0.2) is 14.7 Å². The number of nitrogens with one attached hydrogen (secondary N) is 1. The summed E-state index contributed by atoms with van der Waals surface area (Å²) < 4.78 is 42.7. The standard InChI is InChI=1S/C12H11N3O4.C2HF3O2/c16-12(17)10-11(14-15-13-10)19-9-3-1-2-8(6-9)18-7-4-5-7;3-2(4,5)1(6)7/h1-3,6-7H,4-5H2,(H,16,17)(H,13,14,15);(H,6,7). The number of benzene rings is 1. The molecule has 0 amide bonds. The van der Waals surface area contributed by atoms with E-state index in [1.807, 2.05) is 6.07 Å². The lowest BCUT2D eigenvalue weighted by Crippen LogP contribution is -2.21. The summed E-state index contributed by atoms with van der Waals surface area (Å²) in [7, 11) is 0. The van der Waals surface area contributed by atoms with Crippen LogP contribution in [0.2, 0.25) is 0 Å². The van der Waals surface area contributed by atoms with Gasteiger partial charge in [0.05, 0.1) is 6.10 Å². The van der Waals surface area contributed by atoms with Crippen molar-refractivity contribution in [1.29, 1.82) is 0 Å². The lowest BCUT2D eigenvalue weighted by atomic mass is 10.3. The van der Waals surface area contributed by atoms with Crippen LogP contribution in [-0.4, -0.2) is 49.8 Å². The topological polar surface area (TPSA) is 135 Å². The zero-order chi connectivity index (χ0) is 19.3. The molecule has 0 saturated heterocycles. The Kier molecular flexibility index (Phi) is 5.64. The van der Waals surface area contributed by atoms with Crippen molar-refractivity contribution in [2.45, 2.75) is 25.1 Å². The molecule has 0 radical (unpaired) electrons. The first-order valence-corrected chi connectivity index (χ1v) is 7.06. The molecule has 12 heteroatoms. The van der Waals surface area contributed by atoms with Gasteiger partial charge in [-0.15, -0.1) is 0 Å². The summed E-state index contributed by atoms with van der Waals surface area (Å²) in [5.41, 5.74) is -0.187. The zero-order valence-electron chi connectivity index (χ0n) is 12.9. The van der Waals surface area contributed by atoms with Crippen LogP contribution in [0.4, 0.5) is 13.2 Å². The number of alkyl halides is 3. The fraction of sp³-hybridized carbons (Fsp3) is 0.286. The molecule has 0 spiro atoms. The monoisotopic (exact) mass is 375 g/mol. The van der Waals surface area contributed by atoms with Crippen molar-refractivity contribution in [1.82, 2.24) is 15.4 Å². The molecule has 9 nitrogen and oxygen atoms in total. The van der Waals surface area contributed by atoms with Gasteiger partial charge in [-0.05, 0) is 25.0 Å². The summed E-state index contributed by atoms with van der Waals surface area (Å²) in [6.45, 7) is 0. The van der Waals surface area contributed by atoms with Crippen molar-refractivity contribution in [3.05, 3.63) is 30.0 Å². The SMILES string of the molecule is O=C(O)C(F)(F)F.O=C(O)c1[nH]nnc1Oc1cccc(OC2CC2)c1. The largest absolute Gasteiger partial charge is 0.490 e. The second kappa shape index (κ2) is 7.72. The van der Waals surface area contributed by atoms with Crippen LogP contribution in [0.15, 0.2) is 24.3 Å². The van der Waals surface area contributed by atoms with Crippen molar-refractivity contribution in [3.8, 4) is 17.4 Å². The van der Waals surface area contributed by atoms with Crippen LogP contribution >= 0.6 is 0 Å². The van der Waals surface area contributed by atoms with Crippen LogP contribution in [0.1, 0.15) is 23.3 Å². The Morgan fingerprint density at radius 1 is 1.19 bits per heavy atom. The van der Waals surface area contributed by atoms with E-state index in [1.165, 1.54) is 0 Å². The first-order valence-electron chi connectivity index (χ1n) is 7.06. The van der Waals surface area contributed by atoms with Crippen LogP contribution in [0.25, 0.3) is 0 Å². The molecule has 1 fully saturated rings. The number of carbonyl (C=O) groups is 2. The van der Waals surface area contributed by atoms with Gasteiger partial charge in [0.15, 0.2) is 0 Å². The summed E-state index contributed by atoms with van der Waals surface area (Å²) in [5.74, 6) is -2.86. The van der Waals surface area contributed by atoms with Crippen molar-refractivity contribution in [2.75, 3.05) is 0 Å². The number of ether oxygens (including phenoxy) is 2. The highest BCUT2D eigenvalue weighted by atomic mass is 19.4. The Morgan fingerprint density at radius 3 is 2.35 bits per heavy atom. The predicted molar refractivity (Wildman–Crippen MR) is 77.2 cm³/mol. The van der Waals surface area contributed by atoms with E-state index < -0.39 is 18.1 Å². The Bertz CT molecular complexity index is 788. The third kappa shape index (κ3) is 5.65. The molecule has 1 aromatic carbocycles. The molecular formula is C14H12F3N3O6. The number of H-pyrrole nitrogens is 1. The first kappa shape index (κ1) is 19.0. The average molecular weight is 375 g/mol. The van der Waals surface area contributed by atoms with Crippen LogP contribution in [0.3, 0.4) is 0 Å². The fourth-order valence-electron chi connectivity index (χ4n) is 1.53. The summed E-state index contributed by atoms with van der Waals surface area (Å²) in [4.78, 5) is 19.8. The first-order chi connectivity index (χ1) is 12.2. The molecule has 1 aromatic heterocycles. The van der Waals surface area contributed by atoms with E-state index in [0.29, 0.717) is 11.5 Å². The van der Waals surface area contributed by atoms with Crippen LogP contribution in [0, 0.1) is 0 Å². The smallest absolute Gasteiger partial charge is 0.490 e. The van der Waals surface area contributed by atoms with Gasteiger partial charge >= 0.3 is 18.1 Å². The fourth-order valence-corrected chi connectivity index (χ4v) is 1.53. The molecular weight excluding hydrogens is 363 g/mol. The highest BCUT2D eigenvalue weighted by Crippen LogP contribution is 2.30. The number of rotatable bonds is 5. The second-order valence-corrected chi connectivity index (χ2v) is 4.99. The summed E-state index contributed by atoms with van der Waals surface area (Å²) >= 11 is 0. The summed E-state index contributed by atoms with van der Waals surface area (Å²) in [6, 6.07) is 6.98. The molecule has 1 aliphatic carbocycles. The molecule has 1 saturated carbocycles. The van der Waals surface area contributed by atoms with E-state index in [-0.39, 0.29) is 17.7 Å². The van der Waals surface area contributed by atoms with Gasteiger partial charge in [-0.1, -0.05) is 16.4 Å². The molecule has 0 aliphatic heterocycles. The molecule has 0 unspecified atom stereocenters. The number of aliphatic carboxylic acids is 1. The quantitative estimate of drug-likeness (QED) is 0.725. The lowest BCUT2D eigenvalue weighted by Gasteiger charge is -2.07. The number of hydrogen-bond donors (Lipinski definition) is 3. The van der Waals surface area contributed by atoms with Crippen LogP contribution < -0.4 is 9.47 Å². The minimum Gasteiger partial charge on any atom is -0.490 e. The molecule has 26 heavy (non-hydrogen) atoms. The van der Waals surface area contributed by atoms with E-state index >= 15 is 0 Å². The van der Waals surface area contributed by atoms with E-state index in [0.717, 1.165) is 12.8 Å². The highest BCUT2D eigenvalue weighted by Gasteiger charge is 2.38. The van der Waals surface area contributed by atoms with E-state index in [1.54, 1.807) is 18.2 Å². The zero-order valence-corrected chi connectivity index (χ0v) is 12.9. The maximum absolute atomic E-state index is 10.9. The van der Waals surface area contributed by atoms with Gasteiger partial charge in [0, 0.05) is 6.07 Å². The van der Waals surface area contributed by atoms with Crippen molar-refractivity contribution >= 4 is 11.9 Å². The Labute approximate surface area is 143 Å². The van der Waals surface area contributed by atoms with Gasteiger partial charge < -0.3 is 19.7 Å². The van der Waals surface area contributed by atoms with Crippen molar-refractivity contribution in [2.24, 2.45) is 0 Å². The van der Waals surface area contributed by atoms with E-state index in [2.05, 4.69) is 15.4 Å². The molecule has 3 N–H and O–H groups in total. The Morgan fingerprint density at radius 2 is 1.81 bits per heavy atom. The van der Waals surface area contributed by atoms with E-state index in [4.69, 9.17) is 24.5 Å². The number of aromatic nitrogens is 3. The minimum atomic E-state index is -5.08. The molecule has 1 aliphatic rings. The summed E-state index contributed by atoms with van der Waals surface area (Å²) in [6.07, 6.45) is -2.66. The molecule has 3 rings (SSSR count). The van der Waals surface area contributed by atoms with Gasteiger partial charge in [-0.2, -0.15) is 13.2 Å². The number of nitrogens with zero attached hydrogens (tertiary/aromatic N) is 2. The number of carboxylic acid groups (broad SMARTS) is 2. The molecule has 1 heterocycles. The molecule has 2 aromatic rings. The molecule has 0 atom stereocenters. The van der Waals surface area contributed by atoms with E-state index in [9.17, 15) is 18.0 Å². The van der Waals surface area contributed by atoms with Gasteiger partial charge in [0.1, 0.15) is 11.5 Å². The normalized spacial score (nSPS) is 13.3. The molecule has 140 valence electrons. The number of aromatic carboxylic acids is 1. The third-order valence-electron chi connectivity index (χ3n) is 2.82. The minimum absolute atomic E-state index is 0.0731. The average Bonchev–Trinajstić information content (AvgIpc) is 3.22. The Balaban J connectivity index is 0.000000298. The van der Waals surface area contributed by atoms with Crippen LogP contribution in [-0.2, 0) is 4.79 Å². The predicted octanol–water partition coefficient (Wildman–Crippen LogP) is 2.47. The second-order valence-electron chi connectivity index (χ2n) is 4.99. The Hall–Kier alpha value is -3.31. The summed E-state index contributed by atoms with van der Waals surface area (Å²) in [5, 5.41) is 25.3. The maximum atomic E-state index is 10.9. The molecule has 0 bridgehead atoms. The van der Waals surface area contributed by atoms with Gasteiger partial charge in [-0.3, -0.25) is 0 Å². The number of halogens is 3. The van der Waals surface area contributed by atoms with Crippen LogP contribution in [0.5, 0.6) is 17.4 Å². The lowest BCUT2D eigenvalue weighted by molar-refractivity contribution is -0.192. The van der Waals surface area contributed by atoms with Gasteiger partial charge in [0.25, 0.3) is 5.88 Å². The van der Waals surface area contributed by atoms with Gasteiger partial charge in [0.2, 0.25) is 5.69 Å². The highest BCUT2D eigenvalue weighted by molar-refractivity contribution is 5.87. The van der Waals surface area contributed by atoms with Crippen molar-refractivity contribution in [3.63, 3.8) is 0 Å². The number of hydrogen-bond acceptors (Lipinski definition) is 6.